The molecule has 0 heterocycles. The van der Waals surface area contributed by atoms with Crippen molar-refractivity contribution in [2.24, 2.45) is 0 Å². The van der Waals surface area contributed by atoms with Crippen LogP contribution in [0.3, 0.4) is 0 Å². The van der Waals surface area contributed by atoms with Gasteiger partial charge in [-0.2, -0.15) is 0 Å². The van der Waals surface area contributed by atoms with Crippen LogP contribution in [0.2, 0.25) is 0 Å². The fourth-order valence-corrected chi connectivity index (χ4v) is 1.13. The minimum atomic E-state index is 0.605. The van der Waals surface area contributed by atoms with Gasteiger partial charge < -0.3 is 4.79 Å². The number of allylic oxidation sites excluding steroid dienone is 2. The Morgan fingerprint density at radius 2 is 2.00 bits per heavy atom. The van der Waals surface area contributed by atoms with Crippen LogP contribution in [-0.2, 0) is 4.79 Å². The van der Waals surface area contributed by atoms with Gasteiger partial charge in [0.2, 0.25) is 0 Å². The molecule has 0 saturated carbocycles. The van der Waals surface area contributed by atoms with Crippen molar-refractivity contribution in [3.63, 3.8) is 0 Å². The van der Waals surface area contributed by atoms with Crippen LogP contribution in [0.5, 0.6) is 0 Å². The van der Waals surface area contributed by atoms with Crippen LogP contribution in [0.25, 0.3) is 0 Å². The number of rotatable bonds is 7. The monoisotopic (exact) mass is 168 g/mol. The van der Waals surface area contributed by atoms with Crippen molar-refractivity contribution in [3.05, 3.63) is 11.6 Å². The van der Waals surface area contributed by atoms with E-state index in [9.17, 15) is 4.79 Å². The standard InChI is InChI=1S/C11H20O/c1-3-4-5-6-7-8-11(2)9-10-12/h8,10H,3-7,9H2,1-2H3. The molecule has 0 radical (unpaired) electrons. The Morgan fingerprint density at radius 1 is 1.25 bits per heavy atom. The van der Waals surface area contributed by atoms with E-state index in [1.807, 2.05) is 6.92 Å². The van der Waals surface area contributed by atoms with Gasteiger partial charge in [-0.05, 0) is 19.8 Å². The zero-order valence-electron chi connectivity index (χ0n) is 8.31. The molecule has 0 aliphatic heterocycles. The average Bonchev–Trinajstić information content (AvgIpc) is 2.05. The van der Waals surface area contributed by atoms with Crippen molar-refractivity contribution in [1.29, 1.82) is 0 Å². The lowest BCUT2D eigenvalue weighted by atomic mass is 10.1. The molecule has 0 N–H and O–H groups in total. The predicted octanol–water partition coefficient (Wildman–Crippen LogP) is 3.49. The Bertz CT molecular complexity index is 136. The molecule has 0 bridgehead atoms. The molecule has 0 rings (SSSR count). The molecule has 0 aromatic carbocycles. The molecule has 0 unspecified atom stereocenters. The van der Waals surface area contributed by atoms with Crippen molar-refractivity contribution < 1.29 is 4.79 Å². The first-order valence-corrected chi connectivity index (χ1v) is 4.90. The lowest BCUT2D eigenvalue weighted by Gasteiger charge is -1.96. The summed E-state index contributed by atoms with van der Waals surface area (Å²) < 4.78 is 0. The third-order valence-electron chi connectivity index (χ3n) is 1.96. The summed E-state index contributed by atoms with van der Waals surface area (Å²) in [5.74, 6) is 0. The van der Waals surface area contributed by atoms with Crippen LogP contribution < -0.4 is 0 Å². The van der Waals surface area contributed by atoms with Gasteiger partial charge in [0.1, 0.15) is 6.29 Å². The molecule has 12 heavy (non-hydrogen) atoms. The van der Waals surface area contributed by atoms with E-state index < -0.39 is 0 Å². The fourth-order valence-electron chi connectivity index (χ4n) is 1.13. The second kappa shape index (κ2) is 8.51. The van der Waals surface area contributed by atoms with Crippen LogP contribution >= 0.6 is 0 Å². The van der Waals surface area contributed by atoms with Gasteiger partial charge in [0.15, 0.2) is 0 Å². The SMILES string of the molecule is CCCCCCC=C(C)CC=O. The van der Waals surface area contributed by atoms with Crippen LogP contribution in [0.1, 0.15) is 52.4 Å². The topological polar surface area (TPSA) is 17.1 Å². The highest BCUT2D eigenvalue weighted by molar-refractivity contribution is 5.53. The third kappa shape index (κ3) is 7.52. The van der Waals surface area contributed by atoms with Crippen molar-refractivity contribution in [3.8, 4) is 0 Å². The average molecular weight is 168 g/mol. The van der Waals surface area contributed by atoms with E-state index in [0.29, 0.717) is 6.42 Å². The van der Waals surface area contributed by atoms with E-state index in [0.717, 1.165) is 12.7 Å². The van der Waals surface area contributed by atoms with Gasteiger partial charge in [-0.1, -0.05) is 37.8 Å². The molecule has 1 heteroatoms. The number of carbonyl (C=O) groups excluding carboxylic acids is 1. The minimum absolute atomic E-state index is 0.605. The van der Waals surface area contributed by atoms with E-state index in [2.05, 4.69) is 13.0 Å². The molecular weight excluding hydrogens is 148 g/mol. The largest absolute Gasteiger partial charge is 0.303 e. The minimum Gasteiger partial charge on any atom is -0.303 e. The summed E-state index contributed by atoms with van der Waals surface area (Å²) in [5, 5.41) is 0. The predicted molar refractivity (Wildman–Crippen MR) is 53.2 cm³/mol. The van der Waals surface area contributed by atoms with E-state index in [1.165, 1.54) is 31.3 Å². The Kier molecular flexibility index (Phi) is 8.09. The first kappa shape index (κ1) is 11.4. The highest BCUT2D eigenvalue weighted by Crippen LogP contribution is 2.06. The molecule has 1 nitrogen and oxygen atoms in total. The van der Waals surface area contributed by atoms with E-state index in [1.54, 1.807) is 0 Å². The van der Waals surface area contributed by atoms with Crippen LogP contribution in [0.15, 0.2) is 11.6 Å². The van der Waals surface area contributed by atoms with Crippen molar-refractivity contribution in [1.82, 2.24) is 0 Å². The van der Waals surface area contributed by atoms with Gasteiger partial charge in [-0.3, -0.25) is 0 Å². The molecule has 0 aliphatic carbocycles. The summed E-state index contributed by atoms with van der Waals surface area (Å²) in [4.78, 5) is 10.1. The maximum absolute atomic E-state index is 10.1. The van der Waals surface area contributed by atoms with Crippen molar-refractivity contribution >= 4 is 6.29 Å². The Balaban J connectivity index is 3.27. The molecule has 0 fully saturated rings. The van der Waals surface area contributed by atoms with Crippen molar-refractivity contribution in [2.45, 2.75) is 52.4 Å². The first-order chi connectivity index (χ1) is 5.81. The lowest BCUT2D eigenvalue weighted by molar-refractivity contribution is -0.107. The van der Waals surface area contributed by atoms with E-state index in [-0.39, 0.29) is 0 Å². The van der Waals surface area contributed by atoms with Gasteiger partial charge in [0.25, 0.3) is 0 Å². The summed E-state index contributed by atoms with van der Waals surface area (Å²) in [5.41, 5.74) is 1.21. The quantitative estimate of drug-likeness (QED) is 0.323. The second-order valence-electron chi connectivity index (χ2n) is 3.27. The maximum Gasteiger partial charge on any atom is 0.124 e. The van der Waals surface area contributed by atoms with Crippen LogP contribution in [0, 0.1) is 0 Å². The number of unbranched alkanes of at least 4 members (excludes halogenated alkanes) is 4. The van der Waals surface area contributed by atoms with Gasteiger partial charge in [-0.25, -0.2) is 0 Å². The molecule has 0 amide bonds. The van der Waals surface area contributed by atoms with E-state index in [4.69, 9.17) is 0 Å². The normalized spacial score (nSPS) is 11.7. The summed E-state index contributed by atoms with van der Waals surface area (Å²) >= 11 is 0. The Labute approximate surface area is 75.9 Å². The summed E-state index contributed by atoms with van der Waals surface area (Å²) in [6.07, 6.45) is 10.1. The highest BCUT2D eigenvalue weighted by atomic mass is 16.1. The van der Waals surface area contributed by atoms with Crippen molar-refractivity contribution in [2.75, 3.05) is 0 Å². The molecule has 0 aromatic heterocycles. The molecule has 0 saturated heterocycles. The van der Waals surface area contributed by atoms with Gasteiger partial charge >= 0.3 is 0 Å². The number of carbonyl (C=O) groups is 1. The molecular formula is C11H20O. The maximum atomic E-state index is 10.1. The Morgan fingerprint density at radius 3 is 2.58 bits per heavy atom. The van der Waals surface area contributed by atoms with Gasteiger partial charge in [0.05, 0.1) is 0 Å². The molecule has 0 aromatic rings. The molecule has 0 atom stereocenters. The lowest BCUT2D eigenvalue weighted by Crippen LogP contribution is -1.79. The fraction of sp³-hybridized carbons (Fsp3) is 0.727. The number of aldehydes is 1. The first-order valence-electron chi connectivity index (χ1n) is 4.90. The zero-order chi connectivity index (χ0) is 9.23. The zero-order valence-corrected chi connectivity index (χ0v) is 8.31. The van der Waals surface area contributed by atoms with E-state index >= 15 is 0 Å². The third-order valence-corrected chi connectivity index (χ3v) is 1.96. The summed E-state index contributed by atoms with van der Waals surface area (Å²) in [6.45, 7) is 4.24. The number of hydrogen-bond acceptors (Lipinski definition) is 1. The Hall–Kier alpha value is -0.590. The molecule has 0 aliphatic rings. The molecule has 0 spiro atoms. The smallest absolute Gasteiger partial charge is 0.124 e. The summed E-state index contributed by atoms with van der Waals surface area (Å²) in [6, 6.07) is 0. The number of hydrogen-bond donors (Lipinski definition) is 0. The van der Waals surface area contributed by atoms with Crippen LogP contribution in [0.4, 0.5) is 0 Å². The highest BCUT2D eigenvalue weighted by Gasteiger charge is 1.88. The van der Waals surface area contributed by atoms with Gasteiger partial charge in [0, 0.05) is 6.42 Å². The second-order valence-corrected chi connectivity index (χ2v) is 3.27. The van der Waals surface area contributed by atoms with Crippen LogP contribution in [-0.4, -0.2) is 6.29 Å². The summed E-state index contributed by atoms with van der Waals surface area (Å²) in [7, 11) is 0. The molecule has 70 valence electrons. The van der Waals surface area contributed by atoms with Gasteiger partial charge in [-0.15, -0.1) is 0 Å².